The molecule has 0 amide bonds. The van der Waals surface area contributed by atoms with Gasteiger partial charge in [0.2, 0.25) is 0 Å². The zero-order chi connectivity index (χ0) is 15.7. The van der Waals surface area contributed by atoms with Gasteiger partial charge in [0.1, 0.15) is 11.5 Å². The van der Waals surface area contributed by atoms with Gasteiger partial charge in [-0.05, 0) is 12.5 Å². The van der Waals surface area contributed by atoms with Gasteiger partial charge in [0.15, 0.2) is 0 Å². The Balaban J connectivity index is 2.29. The first kappa shape index (κ1) is 16.0. The Kier molecular flexibility index (Phi) is 4.38. The average Bonchev–Trinajstić information content (AvgIpc) is 2.44. The van der Waals surface area contributed by atoms with E-state index in [-0.39, 0.29) is 19.5 Å². The maximum absolute atomic E-state index is 13.6. The average molecular weight is 321 g/mol. The third kappa shape index (κ3) is 2.96. The molecule has 0 aliphatic carbocycles. The van der Waals surface area contributed by atoms with Crippen LogP contribution in [-0.4, -0.2) is 38.7 Å². The third-order valence-electron chi connectivity index (χ3n) is 3.43. The Hall–Kier alpha value is -1.41. The Bertz CT molecular complexity index is 619. The smallest absolute Gasteiger partial charge is 0.359 e. The van der Waals surface area contributed by atoms with Gasteiger partial charge in [-0.2, -0.15) is 13.1 Å². The number of ether oxygens (including phenoxy) is 2. The van der Waals surface area contributed by atoms with E-state index < -0.39 is 21.7 Å². The lowest BCUT2D eigenvalue weighted by Crippen LogP contribution is -2.47. The predicted octanol–water partition coefficient (Wildman–Crippen LogP) is 2.22. The third-order valence-corrected chi connectivity index (χ3v) is 5.38. The second kappa shape index (κ2) is 5.76. The molecule has 0 radical (unpaired) electrons. The molecule has 8 heteroatoms. The van der Waals surface area contributed by atoms with Gasteiger partial charge in [0.05, 0.1) is 14.2 Å². The van der Waals surface area contributed by atoms with Crippen LogP contribution in [-0.2, 0) is 16.6 Å². The first-order valence-corrected chi connectivity index (χ1v) is 7.84. The van der Waals surface area contributed by atoms with Crippen LogP contribution in [0.25, 0.3) is 0 Å². The van der Waals surface area contributed by atoms with E-state index in [0.29, 0.717) is 17.1 Å². The molecule has 5 nitrogen and oxygen atoms in total. The number of sulfonamides is 1. The lowest BCUT2D eigenvalue weighted by atomic mass is 10.2. The maximum Gasteiger partial charge on any atom is 0.359 e. The molecule has 1 saturated heterocycles. The van der Waals surface area contributed by atoms with E-state index in [4.69, 9.17) is 9.47 Å². The summed E-state index contributed by atoms with van der Waals surface area (Å²) in [5, 5.41) is -3.70. The monoisotopic (exact) mass is 321 g/mol. The Labute approximate surface area is 122 Å². The minimum atomic E-state index is -4.63. The summed E-state index contributed by atoms with van der Waals surface area (Å²) in [4.78, 5) is 0. The summed E-state index contributed by atoms with van der Waals surface area (Å²) < 4.78 is 61.9. The van der Waals surface area contributed by atoms with Crippen LogP contribution in [0.1, 0.15) is 18.4 Å². The van der Waals surface area contributed by atoms with Crippen LogP contribution in [0, 0.1) is 0 Å². The molecular formula is C13H17F2NO4S. The van der Waals surface area contributed by atoms with Gasteiger partial charge in [0.25, 0.3) is 10.0 Å². The minimum absolute atomic E-state index is 0.0765. The molecule has 1 heterocycles. The van der Waals surface area contributed by atoms with Crippen molar-refractivity contribution in [3.8, 4) is 11.5 Å². The van der Waals surface area contributed by atoms with Gasteiger partial charge in [0, 0.05) is 31.1 Å². The molecule has 2 rings (SSSR count). The largest absolute Gasteiger partial charge is 0.497 e. The number of methoxy groups -OCH3 is 2. The quantitative estimate of drug-likeness (QED) is 0.853. The number of alkyl halides is 2. The molecule has 0 saturated carbocycles. The first-order valence-electron chi connectivity index (χ1n) is 6.40. The van der Waals surface area contributed by atoms with Crippen molar-refractivity contribution in [1.29, 1.82) is 0 Å². The zero-order valence-electron chi connectivity index (χ0n) is 11.8. The summed E-state index contributed by atoms with van der Waals surface area (Å²) in [6, 6.07) is 4.83. The predicted molar refractivity (Wildman–Crippen MR) is 73.1 cm³/mol. The van der Waals surface area contributed by atoms with Crippen LogP contribution in [0.5, 0.6) is 11.5 Å². The van der Waals surface area contributed by atoms with Crippen molar-refractivity contribution in [3.05, 3.63) is 23.8 Å². The van der Waals surface area contributed by atoms with Gasteiger partial charge >= 0.3 is 5.25 Å². The normalized spacial score (nSPS) is 21.0. The highest BCUT2D eigenvalue weighted by atomic mass is 32.2. The van der Waals surface area contributed by atoms with Crippen molar-refractivity contribution in [2.24, 2.45) is 0 Å². The fourth-order valence-corrected chi connectivity index (χ4v) is 3.69. The lowest BCUT2D eigenvalue weighted by Gasteiger charge is -2.32. The van der Waals surface area contributed by atoms with E-state index in [2.05, 4.69) is 0 Å². The van der Waals surface area contributed by atoms with Gasteiger partial charge < -0.3 is 9.47 Å². The van der Waals surface area contributed by atoms with Gasteiger partial charge in [-0.1, -0.05) is 6.07 Å². The Morgan fingerprint density at radius 2 is 2.00 bits per heavy atom. The SMILES string of the molecule is COc1ccc(CN2CCCC(F)(F)S2(=O)=O)c(OC)c1. The molecule has 0 unspecified atom stereocenters. The molecular weight excluding hydrogens is 304 g/mol. The molecule has 1 aliphatic rings. The first-order chi connectivity index (χ1) is 9.81. The summed E-state index contributed by atoms with van der Waals surface area (Å²) >= 11 is 0. The van der Waals surface area contributed by atoms with Crippen LogP contribution in [0.4, 0.5) is 8.78 Å². The van der Waals surface area contributed by atoms with E-state index in [1.807, 2.05) is 0 Å². The molecule has 0 N–H and O–H groups in total. The molecule has 1 fully saturated rings. The Morgan fingerprint density at radius 3 is 2.62 bits per heavy atom. The molecule has 1 aliphatic heterocycles. The van der Waals surface area contributed by atoms with Crippen molar-refractivity contribution in [1.82, 2.24) is 4.31 Å². The molecule has 118 valence electrons. The topological polar surface area (TPSA) is 55.8 Å². The fourth-order valence-electron chi connectivity index (χ4n) is 2.24. The fraction of sp³-hybridized carbons (Fsp3) is 0.538. The van der Waals surface area contributed by atoms with Gasteiger partial charge in [-0.15, -0.1) is 0 Å². The standard InChI is InChI=1S/C13H17F2NO4S/c1-19-11-5-4-10(12(8-11)20-2)9-16-7-3-6-13(14,15)21(16,17)18/h4-5,8H,3,6-7,9H2,1-2H3. The van der Waals surface area contributed by atoms with E-state index in [9.17, 15) is 17.2 Å². The lowest BCUT2D eigenvalue weighted by molar-refractivity contribution is 0.0563. The summed E-state index contributed by atoms with van der Waals surface area (Å²) in [5.74, 6) is 0.945. The van der Waals surface area contributed by atoms with Crippen molar-refractivity contribution in [3.63, 3.8) is 0 Å². The van der Waals surface area contributed by atoms with Crippen LogP contribution >= 0.6 is 0 Å². The van der Waals surface area contributed by atoms with Crippen LogP contribution in [0.2, 0.25) is 0 Å². The van der Waals surface area contributed by atoms with Gasteiger partial charge in [-0.25, -0.2) is 8.42 Å². The number of benzene rings is 1. The number of rotatable bonds is 4. The summed E-state index contributed by atoms with van der Waals surface area (Å²) in [6.45, 7) is -0.0712. The minimum Gasteiger partial charge on any atom is -0.497 e. The molecule has 0 bridgehead atoms. The molecule has 21 heavy (non-hydrogen) atoms. The van der Waals surface area contributed by atoms with Crippen molar-refractivity contribution in [2.45, 2.75) is 24.6 Å². The second-order valence-electron chi connectivity index (χ2n) is 4.76. The molecule has 1 aromatic rings. The molecule has 0 spiro atoms. The summed E-state index contributed by atoms with van der Waals surface area (Å²) in [5.41, 5.74) is 0.513. The van der Waals surface area contributed by atoms with Crippen molar-refractivity contribution < 1.29 is 26.7 Å². The Morgan fingerprint density at radius 1 is 1.29 bits per heavy atom. The summed E-state index contributed by atoms with van der Waals surface area (Å²) in [7, 11) is -1.71. The number of halogens is 2. The number of hydrogen-bond acceptors (Lipinski definition) is 4. The highest BCUT2D eigenvalue weighted by molar-refractivity contribution is 7.90. The highest BCUT2D eigenvalue weighted by Gasteiger charge is 2.51. The van der Waals surface area contributed by atoms with Crippen LogP contribution in [0.15, 0.2) is 18.2 Å². The van der Waals surface area contributed by atoms with Crippen LogP contribution in [0.3, 0.4) is 0 Å². The molecule has 1 aromatic carbocycles. The van der Waals surface area contributed by atoms with Crippen LogP contribution < -0.4 is 9.47 Å². The molecule has 0 aromatic heterocycles. The summed E-state index contributed by atoms with van der Waals surface area (Å²) in [6.07, 6.45) is -0.504. The van der Waals surface area contributed by atoms with E-state index in [1.54, 1.807) is 18.2 Å². The number of nitrogens with zero attached hydrogens (tertiary/aromatic N) is 1. The highest BCUT2D eigenvalue weighted by Crippen LogP contribution is 2.36. The maximum atomic E-state index is 13.6. The second-order valence-corrected chi connectivity index (χ2v) is 6.82. The molecule has 0 atom stereocenters. The van der Waals surface area contributed by atoms with E-state index in [0.717, 1.165) is 4.31 Å². The zero-order valence-corrected chi connectivity index (χ0v) is 12.6. The van der Waals surface area contributed by atoms with Gasteiger partial charge in [-0.3, -0.25) is 0 Å². The van der Waals surface area contributed by atoms with Crippen molar-refractivity contribution >= 4 is 10.0 Å². The number of hydrogen-bond donors (Lipinski definition) is 0. The van der Waals surface area contributed by atoms with Crippen molar-refractivity contribution in [2.75, 3.05) is 20.8 Å². The van der Waals surface area contributed by atoms with E-state index >= 15 is 0 Å². The van der Waals surface area contributed by atoms with E-state index in [1.165, 1.54) is 14.2 Å².